The number of unbranched alkanes of at least 4 members (excludes halogenated alkanes) is 3. The normalized spacial score (nSPS) is 12.3. The van der Waals surface area contributed by atoms with Crippen LogP contribution in [0.1, 0.15) is 58.8 Å². The molecule has 0 aliphatic rings. The summed E-state index contributed by atoms with van der Waals surface area (Å²) in [6.07, 6.45) is 8.68. The van der Waals surface area contributed by atoms with Crippen molar-refractivity contribution in [2.24, 2.45) is 5.41 Å². The highest BCUT2D eigenvalue weighted by molar-refractivity contribution is 5.79. The second kappa shape index (κ2) is 11.7. The highest BCUT2D eigenvalue weighted by Crippen LogP contribution is 2.22. The molecule has 0 rings (SSSR count). The number of carbonyl (C=O) groups excluding carboxylic acids is 1. The van der Waals surface area contributed by atoms with Crippen LogP contribution in [0.25, 0.3) is 0 Å². The molecule has 1 atom stereocenters. The highest BCUT2D eigenvalue weighted by Gasteiger charge is 2.23. The molecule has 23 heavy (non-hydrogen) atoms. The third-order valence-electron chi connectivity index (χ3n) is 3.61. The van der Waals surface area contributed by atoms with Gasteiger partial charge in [0.2, 0.25) is 0 Å². The topological polar surface area (TPSA) is 75.6 Å². The number of allylic oxidation sites excluding steroid dienone is 2. The Kier molecular flexibility index (Phi) is 10.8. The first-order valence-corrected chi connectivity index (χ1v) is 8.20. The van der Waals surface area contributed by atoms with Crippen LogP contribution in [0, 0.1) is 5.41 Å². The maximum absolute atomic E-state index is 11.8. The zero-order valence-electron chi connectivity index (χ0n) is 14.5. The zero-order chi connectivity index (χ0) is 17.7. The summed E-state index contributed by atoms with van der Waals surface area (Å²) in [6.45, 7) is 11.6. The van der Waals surface area contributed by atoms with E-state index in [2.05, 4.69) is 18.5 Å². The lowest BCUT2D eigenvalue weighted by Crippen LogP contribution is -2.42. The second-order valence-electron chi connectivity index (χ2n) is 6.53. The molecule has 5 heteroatoms. The predicted molar refractivity (Wildman–Crippen MR) is 92.4 cm³/mol. The van der Waals surface area contributed by atoms with E-state index in [-0.39, 0.29) is 12.0 Å². The Hall–Kier alpha value is -1.78. The summed E-state index contributed by atoms with van der Waals surface area (Å²) in [7, 11) is 0. The van der Waals surface area contributed by atoms with Gasteiger partial charge >= 0.3 is 12.1 Å². The van der Waals surface area contributed by atoms with Gasteiger partial charge in [-0.3, -0.25) is 0 Å². The SMILES string of the molecule is C=CCCCCC[C@H](NC(=O)OCC(C)(C)CCC=C)C(=O)O. The molecule has 0 heterocycles. The molecule has 132 valence electrons. The highest BCUT2D eigenvalue weighted by atomic mass is 16.5. The van der Waals surface area contributed by atoms with Crippen LogP contribution in [-0.2, 0) is 9.53 Å². The van der Waals surface area contributed by atoms with E-state index < -0.39 is 18.1 Å². The summed E-state index contributed by atoms with van der Waals surface area (Å²) >= 11 is 0. The minimum absolute atomic E-state index is 0.158. The lowest BCUT2D eigenvalue weighted by atomic mass is 9.89. The number of carboxylic acid groups (broad SMARTS) is 1. The van der Waals surface area contributed by atoms with Crippen LogP contribution >= 0.6 is 0 Å². The molecule has 0 spiro atoms. The van der Waals surface area contributed by atoms with Gasteiger partial charge in [0, 0.05) is 0 Å². The summed E-state index contributed by atoms with van der Waals surface area (Å²) in [4.78, 5) is 23.0. The molecule has 0 aliphatic carbocycles. The van der Waals surface area contributed by atoms with Crippen molar-refractivity contribution in [3.8, 4) is 0 Å². The molecule has 0 radical (unpaired) electrons. The van der Waals surface area contributed by atoms with Gasteiger partial charge in [0.15, 0.2) is 0 Å². The van der Waals surface area contributed by atoms with Crippen molar-refractivity contribution in [3.63, 3.8) is 0 Å². The maximum atomic E-state index is 11.8. The smallest absolute Gasteiger partial charge is 0.407 e. The number of ether oxygens (including phenoxy) is 1. The first-order chi connectivity index (χ1) is 10.8. The quantitative estimate of drug-likeness (QED) is 0.391. The Morgan fingerprint density at radius 2 is 1.83 bits per heavy atom. The average Bonchev–Trinajstić information content (AvgIpc) is 2.49. The molecule has 0 unspecified atom stereocenters. The Bertz CT molecular complexity index is 390. The van der Waals surface area contributed by atoms with Crippen LogP contribution in [-0.4, -0.2) is 29.8 Å². The van der Waals surface area contributed by atoms with Gasteiger partial charge in [-0.15, -0.1) is 13.2 Å². The molecule has 0 aliphatic heterocycles. The van der Waals surface area contributed by atoms with Crippen LogP contribution in [0.4, 0.5) is 4.79 Å². The number of amides is 1. The van der Waals surface area contributed by atoms with Crippen molar-refractivity contribution in [2.45, 2.75) is 64.8 Å². The molecular formula is C18H31NO4. The van der Waals surface area contributed by atoms with Gasteiger partial charge in [-0.25, -0.2) is 9.59 Å². The van der Waals surface area contributed by atoms with E-state index >= 15 is 0 Å². The minimum atomic E-state index is -1.03. The molecule has 0 fully saturated rings. The number of aliphatic carboxylic acids is 1. The molecule has 1 amide bonds. The van der Waals surface area contributed by atoms with Gasteiger partial charge in [0.25, 0.3) is 0 Å². The summed E-state index contributed by atoms with van der Waals surface area (Å²) in [5.74, 6) is -1.03. The van der Waals surface area contributed by atoms with Crippen LogP contribution in [0.2, 0.25) is 0 Å². The van der Waals surface area contributed by atoms with E-state index in [1.165, 1.54) is 0 Å². The summed E-state index contributed by atoms with van der Waals surface area (Å²) in [5, 5.41) is 11.6. The largest absolute Gasteiger partial charge is 0.480 e. The van der Waals surface area contributed by atoms with Crippen molar-refractivity contribution in [2.75, 3.05) is 6.61 Å². The van der Waals surface area contributed by atoms with Crippen molar-refractivity contribution in [3.05, 3.63) is 25.3 Å². The number of carbonyl (C=O) groups is 2. The van der Waals surface area contributed by atoms with Crippen molar-refractivity contribution < 1.29 is 19.4 Å². The van der Waals surface area contributed by atoms with Gasteiger partial charge in [-0.05, 0) is 37.5 Å². The Morgan fingerprint density at radius 3 is 2.39 bits per heavy atom. The fourth-order valence-corrected chi connectivity index (χ4v) is 2.08. The fraction of sp³-hybridized carbons (Fsp3) is 0.667. The van der Waals surface area contributed by atoms with E-state index in [0.29, 0.717) is 6.42 Å². The molecule has 0 bridgehead atoms. The van der Waals surface area contributed by atoms with Crippen molar-refractivity contribution in [1.29, 1.82) is 0 Å². The standard InChI is InChI=1S/C18H31NO4/c1-5-7-9-10-11-12-15(16(20)21)19-17(22)23-14-18(3,4)13-8-6-2/h5-6,15H,1-2,7-14H2,3-4H3,(H,19,22)(H,20,21)/t15-/m0/s1. The average molecular weight is 325 g/mol. The van der Waals surface area contributed by atoms with E-state index in [1.54, 1.807) is 0 Å². The molecule has 0 saturated heterocycles. The van der Waals surface area contributed by atoms with Crippen LogP contribution < -0.4 is 5.32 Å². The lowest BCUT2D eigenvalue weighted by Gasteiger charge is -2.24. The monoisotopic (exact) mass is 325 g/mol. The molecule has 0 aromatic rings. The zero-order valence-corrected chi connectivity index (χ0v) is 14.5. The summed E-state index contributed by atoms with van der Waals surface area (Å²) in [6, 6.07) is -0.900. The van der Waals surface area contributed by atoms with Gasteiger partial charge in [-0.2, -0.15) is 0 Å². The molecule has 2 N–H and O–H groups in total. The van der Waals surface area contributed by atoms with Gasteiger partial charge in [0.05, 0.1) is 6.61 Å². The third-order valence-corrected chi connectivity index (χ3v) is 3.61. The second-order valence-corrected chi connectivity index (χ2v) is 6.53. The van der Waals surface area contributed by atoms with Gasteiger partial charge in [-0.1, -0.05) is 38.8 Å². The van der Waals surface area contributed by atoms with Gasteiger partial charge in [0.1, 0.15) is 6.04 Å². The molecule has 0 aromatic heterocycles. The fourth-order valence-electron chi connectivity index (χ4n) is 2.08. The third kappa shape index (κ3) is 11.4. The van der Waals surface area contributed by atoms with Gasteiger partial charge < -0.3 is 15.2 Å². The Balaban J connectivity index is 4.16. The van der Waals surface area contributed by atoms with E-state index in [1.807, 2.05) is 26.0 Å². The van der Waals surface area contributed by atoms with Crippen molar-refractivity contribution >= 4 is 12.1 Å². The van der Waals surface area contributed by atoms with Crippen LogP contribution in [0.3, 0.4) is 0 Å². The van der Waals surface area contributed by atoms with Crippen LogP contribution in [0.5, 0.6) is 0 Å². The van der Waals surface area contributed by atoms with E-state index in [9.17, 15) is 14.7 Å². The summed E-state index contributed by atoms with van der Waals surface area (Å²) < 4.78 is 5.17. The number of rotatable bonds is 13. The first-order valence-electron chi connectivity index (χ1n) is 8.20. The number of nitrogens with one attached hydrogen (secondary N) is 1. The van der Waals surface area contributed by atoms with E-state index in [4.69, 9.17) is 4.74 Å². The number of hydrogen-bond donors (Lipinski definition) is 2. The Labute approximate surface area is 139 Å². The maximum Gasteiger partial charge on any atom is 0.407 e. The lowest BCUT2D eigenvalue weighted by molar-refractivity contribution is -0.139. The molecule has 5 nitrogen and oxygen atoms in total. The number of hydrogen-bond acceptors (Lipinski definition) is 3. The molecule has 0 saturated carbocycles. The van der Waals surface area contributed by atoms with Crippen molar-refractivity contribution in [1.82, 2.24) is 5.32 Å². The Morgan fingerprint density at radius 1 is 1.17 bits per heavy atom. The molecular weight excluding hydrogens is 294 g/mol. The molecule has 0 aromatic carbocycles. The minimum Gasteiger partial charge on any atom is -0.480 e. The van der Waals surface area contributed by atoms with Crippen LogP contribution in [0.15, 0.2) is 25.3 Å². The predicted octanol–water partition coefficient (Wildman–Crippen LogP) is 4.29. The van der Waals surface area contributed by atoms with E-state index in [0.717, 1.165) is 38.5 Å². The first kappa shape index (κ1) is 21.2. The number of alkyl carbamates (subject to hydrolysis) is 1. The summed E-state index contributed by atoms with van der Waals surface area (Å²) in [5.41, 5.74) is -0.158. The number of carboxylic acids is 1.